The Morgan fingerprint density at radius 1 is 1.44 bits per heavy atom. The van der Waals surface area contributed by atoms with Crippen molar-refractivity contribution in [3.63, 3.8) is 0 Å². The molecule has 2 rings (SSSR count). The van der Waals surface area contributed by atoms with E-state index in [1.807, 2.05) is 11.8 Å². The minimum Gasteiger partial charge on any atom is -0.378 e. The van der Waals surface area contributed by atoms with Crippen LogP contribution in [0, 0.1) is 5.92 Å². The summed E-state index contributed by atoms with van der Waals surface area (Å²) < 4.78 is 5.58. The molecule has 1 saturated heterocycles. The molecule has 0 spiro atoms. The molecule has 1 saturated carbocycles. The molecule has 3 atom stereocenters. The summed E-state index contributed by atoms with van der Waals surface area (Å²) in [6.45, 7) is 9.18. The first-order valence-corrected chi connectivity index (χ1v) is 7.28. The number of hydrogen-bond donors (Lipinski definition) is 1. The van der Waals surface area contributed by atoms with E-state index >= 15 is 0 Å². The lowest BCUT2D eigenvalue weighted by molar-refractivity contribution is -0.138. The van der Waals surface area contributed by atoms with Crippen LogP contribution in [0.5, 0.6) is 0 Å². The molecule has 3 unspecified atom stereocenters. The van der Waals surface area contributed by atoms with Crippen molar-refractivity contribution in [2.75, 3.05) is 6.61 Å². The number of nitrogens with one attached hydrogen (secondary N) is 1. The van der Waals surface area contributed by atoms with E-state index < -0.39 is 0 Å². The lowest BCUT2D eigenvalue weighted by atomic mass is 9.87. The molecule has 1 amide bonds. The zero-order valence-corrected chi connectivity index (χ0v) is 12.0. The van der Waals surface area contributed by atoms with Crippen molar-refractivity contribution in [1.82, 2.24) is 10.2 Å². The van der Waals surface area contributed by atoms with Gasteiger partial charge in [0.05, 0.1) is 18.3 Å². The summed E-state index contributed by atoms with van der Waals surface area (Å²) >= 11 is 0. The highest BCUT2D eigenvalue weighted by molar-refractivity contribution is 5.85. The maximum absolute atomic E-state index is 12.4. The van der Waals surface area contributed by atoms with Crippen molar-refractivity contribution in [2.45, 2.75) is 71.3 Å². The normalized spacial score (nSPS) is 37.8. The van der Waals surface area contributed by atoms with Crippen LogP contribution >= 0.6 is 0 Å². The van der Waals surface area contributed by atoms with Gasteiger partial charge in [-0.05, 0) is 32.6 Å². The van der Waals surface area contributed by atoms with Crippen LogP contribution in [0.4, 0.5) is 0 Å². The summed E-state index contributed by atoms with van der Waals surface area (Å²) in [5, 5.41) is 3.44. The van der Waals surface area contributed by atoms with Gasteiger partial charge in [-0.2, -0.15) is 0 Å². The van der Waals surface area contributed by atoms with Crippen molar-refractivity contribution < 1.29 is 9.53 Å². The molecule has 2 fully saturated rings. The van der Waals surface area contributed by atoms with E-state index in [1.165, 1.54) is 0 Å². The first kappa shape index (κ1) is 13.8. The van der Waals surface area contributed by atoms with E-state index in [-0.39, 0.29) is 18.1 Å². The van der Waals surface area contributed by atoms with Crippen LogP contribution in [0.25, 0.3) is 0 Å². The molecule has 4 heteroatoms. The quantitative estimate of drug-likeness (QED) is 0.812. The molecule has 18 heavy (non-hydrogen) atoms. The zero-order chi connectivity index (χ0) is 13.3. The minimum absolute atomic E-state index is 0.0103. The Morgan fingerprint density at radius 3 is 2.67 bits per heavy atom. The molecule has 1 heterocycles. The van der Waals surface area contributed by atoms with Crippen molar-refractivity contribution in [3.05, 3.63) is 0 Å². The second-order valence-corrected chi connectivity index (χ2v) is 5.65. The topological polar surface area (TPSA) is 41.6 Å². The average molecular weight is 254 g/mol. The molecule has 0 aromatic carbocycles. The smallest absolute Gasteiger partial charge is 0.241 e. The Balaban J connectivity index is 1.92. The molecule has 1 aliphatic carbocycles. The average Bonchev–Trinajstić information content (AvgIpc) is 2.59. The molecule has 1 N–H and O–H groups in total. The van der Waals surface area contributed by atoms with Gasteiger partial charge in [0, 0.05) is 12.6 Å². The van der Waals surface area contributed by atoms with Crippen molar-refractivity contribution in [2.24, 2.45) is 5.92 Å². The van der Waals surface area contributed by atoms with E-state index in [1.54, 1.807) is 0 Å². The number of rotatable bonds is 5. The Labute approximate surface area is 110 Å². The molecule has 0 radical (unpaired) electrons. The predicted octanol–water partition coefficient (Wildman–Crippen LogP) is 1.75. The highest BCUT2D eigenvalue weighted by atomic mass is 16.5. The number of ether oxygens (including phenoxy) is 1. The molecule has 0 bridgehead atoms. The van der Waals surface area contributed by atoms with Gasteiger partial charge in [0.15, 0.2) is 0 Å². The van der Waals surface area contributed by atoms with Gasteiger partial charge >= 0.3 is 0 Å². The van der Waals surface area contributed by atoms with Gasteiger partial charge < -0.3 is 9.64 Å². The second-order valence-electron chi connectivity index (χ2n) is 5.65. The van der Waals surface area contributed by atoms with Gasteiger partial charge in [0.1, 0.15) is 0 Å². The maximum atomic E-state index is 12.4. The summed E-state index contributed by atoms with van der Waals surface area (Å²) in [4.78, 5) is 14.5. The molecule has 0 aromatic heterocycles. The third kappa shape index (κ3) is 2.41. The van der Waals surface area contributed by atoms with Crippen LogP contribution in [0.15, 0.2) is 0 Å². The SMILES string of the molecule is CCOC1CC(N2C(=O)C(C(C)CC)NC2C)C1. The summed E-state index contributed by atoms with van der Waals surface area (Å²) in [5.41, 5.74) is 0. The van der Waals surface area contributed by atoms with E-state index in [2.05, 4.69) is 26.1 Å². The van der Waals surface area contributed by atoms with Gasteiger partial charge in [-0.15, -0.1) is 0 Å². The third-order valence-corrected chi connectivity index (χ3v) is 4.44. The summed E-state index contributed by atoms with van der Waals surface area (Å²) in [6, 6.07) is 0.391. The number of carbonyl (C=O) groups is 1. The minimum atomic E-state index is 0.0103. The number of amides is 1. The fourth-order valence-electron chi connectivity index (χ4n) is 3.04. The van der Waals surface area contributed by atoms with Crippen LogP contribution in [0.3, 0.4) is 0 Å². The first-order valence-electron chi connectivity index (χ1n) is 7.28. The van der Waals surface area contributed by atoms with E-state index in [4.69, 9.17) is 4.74 Å². The Kier molecular flexibility index (Phi) is 4.28. The van der Waals surface area contributed by atoms with Crippen LogP contribution in [0.2, 0.25) is 0 Å². The second kappa shape index (κ2) is 5.57. The van der Waals surface area contributed by atoms with E-state index in [0.717, 1.165) is 25.9 Å². The number of hydrogen-bond acceptors (Lipinski definition) is 3. The van der Waals surface area contributed by atoms with Gasteiger partial charge in [-0.3, -0.25) is 10.1 Å². The fourth-order valence-corrected chi connectivity index (χ4v) is 3.04. The molecule has 4 nitrogen and oxygen atoms in total. The van der Waals surface area contributed by atoms with Crippen LogP contribution in [0.1, 0.15) is 47.0 Å². The van der Waals surface area contributed by atoms with Crippen molar-refractivity contribution in [3.8, 4) is 0 Å². The largest absolute Gasteiger partial charge is 0.378 e. The standard InChI is InChI=1S/C14H26N2O2/c1-5-9(3)13-14(17)16(10(4)15-13)11-7-12(8-11)18-6-2/h9-13,15H,5-8H2,1-4H3. The zero-order valence-electron chi connectivity index (χ0n) is 12.0. The van der Waals surface area contributed by atoms with Gasteiger partial charge in [0.25, 0.3) is 0 Å². The van der Waals surface area contributed by atoms with E-state index in [0.29, 0.717) is 18.1 Å². The fraction of sp³-hybridized carbons (Fsp3) is 0.929. The lowest BCUT2D eigenvalue weighted by Gasteiger charge is -2.42. The Bertz CT molecular complexity index is 302. The molecule has 2 aliphatic rings. The van der Waals surface area contributed by atoms with Crippen LogP contribution < -0.4 is 5.32 Å². The highest BCUT2D eigenvalue weighted by Gasteiger charge is 2.46. The molecule has 0 aromatic rings. The number of nitrogens with zero attached hydrogens (tertiary/aromatic N) is 1. The van der Waals surface area contributed by atoms with Crippen molar-refractivity contribution in [1.29, 1.82) is 0 Å². The molecule has 104 valence electrons. The monoisotopic (exact) mass is 254 g/mol. The van der Waals surface area contributed by atoms with Crippen LogP contribution in [-0.4, -0.2) is 41.8 Å². The summed E-state index contributed by atoms with van der Waals surface area (Å²) in [5.74, 6) is 0.699. The molecule has 1 aliphatic heterocycles. The molecular formula is C14H26N2O2. The maximum Gasteiger partial charge on any atom is 0.241 e. The molecular weight excluding hydrogens is 228 g/mol. The van der Waals surface area contributed by atoms with Crippen LogP contribution in [-0.2, 0) is 9.53 Å². The van der Waals surface area contributed by atoms with E-state index in [9.17, 15) is 4.79 Å². The van der Waals surface area contributed by atoms with Gasteiger partial charge in [-0.1, -0.05) is 20.3 Å². The lowest BCUT2D eigenvalue weighted by Crippen LogP contribution is -2.52. The first-order chi connectivity index (χ1) is 8.58. The van der Waals surface area contributed by atoms with Gasteiger partial charge in [0.2, 0.25) is 5.91 Å². The number of carbonyl (C=O) groups excluding carboxylic acids is 1. The predicted molar refractivity (Wildman–Crippen MR) is 71.1 cm³/mol. The Hall–Kier alpha value is -0.610. The van der Waals surface area contributed by atoms with Gasteiger partial charge in [-0.25, -0.2) is 0 Å². The third-order valence-electron chi connectivity index (χ3n) is 4.44. The van der Waals surface area contributed by atoms with Crippen molar-refractivity contribution >= 4 is 5.91 Å². The highest BCUT2D eigenvalue weighted by Crippen LogP contribution is 2.33. The Morgan fingerprint density at radius 2 is 2.11 bits per heavy atom. The summed E-state index contributed by atoms with van der Waals surface area (Å²) in [7, 11) is 0. The summed E-state index contributed by atoms with van der Waals surface area (Å²) in [6.07, 6.45) is 3.57.